The molecule has 0 atom stereocenters. The van der Waals surface area contributed by atoms with Crippen molar-refractivity contribution in [3.8, 4) is 0 Å². The van der Waals surface area contributed by atoms with Gasteiger partial charge in [0.1, 0.15) is 22.9 Å². The molecule has 8 nitrogen and oxygen atoms in total. The first-order valence-electron chi connectivity index (χ1n) is 5.74. The topological polar surface area (TPSA) is 116 Å². The van der Waals surface area contributed by atoms with Crippen LogP contribution in [0.4, 0.5) is 15.8 Å². The quantitative estimate of drug-likeness (QED) is 0.474. The molecule has 10 heteroatoms. The summed E-state index contributed by atoms with van der Waals surface area (Å²) in [6.45, 7) is 1.30. The highest BCUT2D eigenvalue weighted by atomic mass is 32.2. The Morgan fingerprint density at radius 2 is 2.10 bits per heavy atom. The van der Waals surface area contributed by atoms with Gasteiger partial charge >= 0.3 is 5.97 Å². The van der Waals surface area contributed by atoms with Gasteiger partial charge in [0.05, 0.1) is 11.5 Å². The maximum absolute atomic E-state index is 13.7. The lowest BCUT2D eigenvalue weighted by Crippen LogP contribution is -2.17. The lowest BCUT2D eigenvalue weighted by Gasteiger charge is -2.09. The van der Waals surface area contributed by atoms with E-state index in [1.54, 1.807) is 6.92 Å². The third-order valence-electron chi connectivity index (χ3n) is 2.37. The van der Waals surface area contributed by atoms with E-state index in [2.05, 4.69) is 10.1 Å². The van der Waals surface area contributed by atoms with Crippen LogP contribution in [0, 0.1) is 15.9 Å². The number of esters is 1. The summed E-state index contributed by atoms with van der Waals surface area (Å²) in [5, 5.41) is 13.3. The van der Waals surface area contributed by atoms with E-state index >= 15 is 0 Å². The average molecular weight is 320 g/mol. The second-order valence-electron chi connectivity index (χ2n) is 3.99. The van der Waals surface area contributed by atoms with E-state index in [1.165, 1.54) is 0 Å². The van der Waals surface area contributed by atoms with Crippen LogP contribution in [0.25, 0.3) is 0 Å². The number of benzene rings is 1. The fourth-order valence-electron chi connectivity index (χ4n) is 1.50. The Balaban J connectivity index is 3.18. The molecule has 1 aromatic carbocycles. The number of nitro groups is 1. The van der Waals surface area contributed by atoms with Crippen molar-refractivity contribution in [3.05, 3.63) is 28.1 Å². The van der Waals surface area contributed by atoms with Crippen molar-refractivity contribution in [2.45, 2.75) is 11.8 Å². The largest absolute Gasteiger partial charge is 0.465 e. The van der Waals surface area contributed by atoms with Crippen LogP contribution in [-0.4, -0.2) is 38.7 Å². The highest BCUT2D eigenvalue weighted by Crippen LogP contribution is 2.30. The van der Waals surface area contributed by atoms with Crippen molar-refractivity contribution >= 4 is 27.2 Å². The van der Waals surface area contributed by atoms with E-state index < -0.39 is 43.7 Å². The minimum atomic E-state index is -3.95. The maximum atomic E-state index is 13.7. The predicted molar refractivity (Wildman–Crippen MR) is 71.3 cm³/mol. The predicted octanol–water partition coefficient (Wildman–Crippen LogP) is 1.11. The summed E-state index contributed by atoms with van der Waals surface area (Å²) in [7, 11) is -3.95. The van der Waals surface area contributed by atoms with Gasteiger partial charge in [-0.1, -0.05) is 0 Å². The van der Waals surface area contributed by atoms with Crippen LogP contribution in [0.5, 0.6) is 0 Å². The summed E-state index contributed by atoms with van der Waals surface area (Å²) >= 11 is 0. The molecule has 0 radical (unpaired) electrons. The Morgan fingerprint density at radius 1 is 1.48 bits per heavy atom. The smallest absolute Gasteiger partial charge is 0.325 e. The van der Waals surface area contributed by atoms with Crippen LogP contribution in [0.15, 0.2) is 17.0 Å². The molecule has 0 aliphatic heterocycles. The minimum Gasteiger partial charge on any atom is -0.465 e. The molecule has 0 aromatic heterocycles. The standard InChI is InChI=1S/C11H13FN2O6S/c1-3-20-11(15)6-13-8-4-7(12)10(21(2,18)19)5-9(8)14(16)17/h4-5,13H,3,6H2,1-2H3. The number of anilines is 1. The maximum Gasteiger partial charge on any atom is 0.325 e. The molecule has 0 saturated heterocycles. The highest BCUT2D eigenvalue weighted by Gasteiger charge is 2.23. The number of halogens is 1. The molecule has 0 bridgehead atoms. The lowest BCUT2D eigenvalue weighted by atomic mass is 10.2. The summed E-state index contributed by atoms with van der Waals surface area (Å²) in [4.78, 5) is 20.4. The van der Waals surface area contributed by atoms with Gasteiger partial charge in [0.15, 0.2) is 9.84 Å². The van der Waals surface area contributed by atoms with Gasteiger partial charge in [-0.05, 0) is 6.92 Å². The van der Waals surface area contributed by atoms with Crippen molar-refractivity contribution in [2.75, 3.05) is 24.7 Å². The van der Waals surface area contributed by atoms with Crippen LogP contribution >= 0.6 is 0 Å². The second kappa shape index (κ2) is 6.48. The molecule has 0 heterocycles. The van der Waals surface area contributed by atoms with Crippen LogP contribution in [0.3, 0.4) is 0 Å². The van der Waals surface area contributed by atoms with Gasteiger partial charge in [0, 0.05) is 18.4 Å². The Hall–Kier alpha value is -2.23. The zero-order valence-corrected chi connectivity index (χ0v) is 12.1. The number of sulfone groups is 1. The van der Waals surface area contributed by atoms with Crippen molar-refractivity contribution < 1.29 is 27.3 Å². The van der Waals surface area contributed by atoms with Gasteiger partial charge in [-0.25, -0.2) is 12.8 Å². The number of rotatable bonds is 6. The zero-order valence-electron chi connectivity index (χ0n) is 11.3. The number of nitrogens with zero attached hydrogens (tertiary/aromatic N) is 1. The van der Waals surface area contributed by atoms with Crippen molar-refractivity contribution in [2.24, 2.45) is 0 Å². The van der Waals surface area contributed by atoms with Gasteiger partial charge in [-0.15, -0.1) is 0 Å². The van der Waals surface area contributed by atoms with Crippen molar-refractivity contribution in [1.82, 2.24) is 0 Å². The summed E-state index contributed by atoms with van der Waals surface area (Å²) in [5.74, 6) is -1.83. The van der Waals surface area contributed by atoms with Crippen LogP contribution in [0.1, 0.15) is 6.92 Å². The number of nitrogens with one attached hydrogen (secondary N) is 1. The molecule has 0 aliphatic carbocycles. The Bertz CT molecular complexity index is 674. The third-order valence-corrected chi connectivity index (χ3v) is 3.49. The van der Waals surface area contributed by atoms with E-state index in [-0.39, 0.29) is 12.3 Å². The molecular formula is C11H13FN2O6S. The molecule has 1 rings (SSSR count). The minimum absolute atomic E-state index is 0.129. The van der Waals surface area contributed by atoms with Gasteiger partial charge in [-0.2, -0.15) is 0 Å². The molecule has 0 spiro atoms. The number of hydrogen-bond acceptors (Lipinski definition) is 7. The van der Waals surface area contributed by atoms with Gasteiger partial charge < -0.3 is 10.1 Å². The monoisotopic (exact) mass is 320 g/mol. The lowest BCUT2D eigenvalue weighted by molar-refractivity contribution is -0.384. The number of hydrogen-bond donors (Lipinski definition) is 1. The average Bonchev–Trinajstić information content (AvgIpc) is 2.34. The molecule has 116 valence electrons. The highest BCUT2D eigenvalue weighted by molar-refractivity contribution is 7.90. The van der Waals surface area contributed by atoms with Crippen LogP contribution in [0.2, 0.25) is 0 Å². The Kier molecular flexibility index (Phi) is 5.19. The molecule has 1 aromatic rings. The van der Waals surface area contributed by atoms with Gasteiger partial charge in [-0.3, -0.25) is 14.9 Å². The zero-order chi connectivity index (χ0) is 16.2. The van der Waals surface area contributed by atoms with E-state index in [0.717, 1.165) is 6.26 Å². The summed E-state index contributed by atoms with van der Waals surface area (Å²) < 4.78 is 41.0. The van der Waals surface area contributed by atoms with Crippen LogP contribution in [-0.2, 0) is 19.4 Å². The SMILES string of the molecule is CCOC(=O)CNc1cc(F)c(S(C)(=O)=O)cc1[N+](=O)[O-]. The molecule has 1 N–H and O–H groups in total. The van der Waals surface area contributed by atoms with Gasteiger partial charge in [0.2, 0.25) is 0 Å². The third kappa shape index (κ3) is 4.38. The fraction of sp³-hybridized carbons (Fsp3) is 0.364. The first kappa shape index (κ1) is 16.8. The fourth-order valence-corrected chi connectivity index (χ4v) is 2.24. The first-order chi connectivity index (χ1) is 9.66. The second-order valence-corrected chi connectivity index (χ2v) is 5.97. The molecule has 0 aliphatic rings. The summed E-state index contributed by atoms with van der Waals surface area (Å²) in [6.07, 6.45) is 0.737. The summed E-state index contributed by atoms with van der Waals surface area (Å²) in [5.41, 5.74) is -0.959. The first-order valence-corrected chi connectivity index (χ1v) is 7.63. The molecular weight excluding hydrogens is 307 g/mol. The van der Waals surface area contributed by atoms with Gasteiger partial charge in [0.25, 0.3) is 5.69 Å². The number of carbonyl (C=O) groups is 1. The normalized spacial score (nSPS) is 11.0. The number of nitro benzene ring substituents is 1. The molecule has 0 unspecified atom stereocenters. The Labute approximate surface area is 120 Å². The Morgan fingerprint density at radius 3 is 2.57 bits per heavy atom. The van der Waals surface area contributed by atoms with Crippen molar-refractivity contribution in [3.63, 3.8) is 0 Å². The molecule has 0 saturated carbocycles. The molecule has 0 fully saturated rings. The van der Waals surface area contributed by atoms with E-state index in [0.29, 0.717) is 12.1 Å². The number of carbonyl (C=O) groups excluding carboxylic acids is 1. The van der Waals surface area contributed by atoms with E-state index in [4.69, 9.17) is 0 Å². The molecule has 21 heavy (non-hydrogen) atoms. The van der Waals surface area contributed by atoms with E-state index in [1.807, 2.05) is 0 Å². The molecule has 0 amide bonds. The summed E-state index contributed by atoms with van der Waals surface area (Å²) in [6, 6.07) is 1.27. The van der Waals surface area contributed by atoms with E-state index in [9.17, 15) is 27.7 Å². The van der Waals surface area contributed by atoms with Crippen molar-refractivity contribution in [1.29, 1.82) is 0 Å². The number of ether oxygens (including phenoxy) is 1. The van der Waals surface area contributed by atoms with Crippen LogP contribution < -0.4 is 5.32 Å².